The van der Waals surface area contributed by atoms with Crippen LogP contribution in [-0.2, 0) is 24.6 Å². The van der Waals surface area contributed by atoms with Crippen molar-refractivity contribution in [1.82, 2.24) is 9.78 Å². The number of carbonyl (C=O) groups excluding carboxylic acids is 1. The molecular formula is C16H21N3O2. The van der Waals surface area contributed by atoms with E-state index in [1.165, 1.54) is 12.7 Å². The number of benzene rings is 1. The highest BCUT2D eigenvalue weighted by Crippen LogP contribution is 2.14. The molecule has 0 fully saturated rings. The summed E-state index contributed by atoms with van der Waals surface area (Å²) < 4.78 is 6.51. The number of anilines is 1. The van der Waals surface area contributed by atoms with Crippen LogP contribution in [0.5, 0.6) is 0 Å². The lowest BCUT2D eigenvalue weighted by Gasteiger charge is -2.06. The molecule has 0 bridgehead atoms. The number of hydrogen-bond donors (Lipinski definition) is 1. The van der Waals surface area contributed by atoms with Gasteiger partial charge in [-0.05, 0) is 30.5 Å². The molecule has 1 aromatic carbocycles. The third-order valence-corrected chi connectivity index (χ3v) is 3.34. The first-order valence-corrected chi connectivity index (χ1v) is 7.07. The molecule has 5 nitrogen and oxygen atoms in total. The molecule has 5 heteroatoms. The average Bonchev–Trinajstić information content (AvgIpc) is 2.87. The van der Waals surface area contributed by atoms with Crippen LogP contribution in [-0.4, -0.2) is 29.4 Å². The number of aromatic nitrogens is 2. The number of nitrogens with one attached hydrogen (secondary N) is 1. The Kier molecular flexibility index (Phi) is 4.98. The summed E-state index contributed by atoms with van der Waals surface area (Å²) >= 11 is 0. The van der Waals surface area contributed by atoms with Crippen LogP contribution in [0.25, 0.3) is 0 Å². The van der Waals surface area contributed by atoms with E-state index in [1.54, 1.807) is 12.1 Å². The van der Waals surface area contributed by atoms with E-state index in [9.17, 15) is 4.79 Å². The number of methoxy groups -OCH3 is 1. The average molecular weight is 287 g/mol. The summed E-state index contributed by atoms with van der Waals surface area (Å²) in [5, 5.41) is 7.81. The monoisotopic (exact) mass is 287 g/mol. The summed E-state index contributed by atoms with van der Waals surface area (Å²) in [6, 6.07) is 7.50. The third-order valence-electron chi connectivity index (χ3n) is 3.34. The highest BCUT2D eigenvalue weighted by Gasteiger charge is 2.06. The molecule has 2 rings (SSSR count). The van der Waals surface area contributed by atoms with Crippen LogP contribution >= 0.6 is 0 Å². The van der Waals surface area contributed by atoms with Crippen molar-refractivity contribution in [2.75, 3.05) is 19.0 Å². The van der Waals surface area contributed by atoms with Gasteiger partial charge in [-0.15, -0.1) is 0 Å². The Balaban J connectivity index is 1.90. The van der Waals surface area contributed by atoms with Crippen molar-refractivity contribution in [1.29, 1.82) is 0 Å². The van der Waals surface area contributed by atoms with Crippen LogP contribution < -0.4 is 5.32 Å². The molecule has 112 valence electrons. The van der Waals surface area contributed by atoms with E-state index in [0.29, 0.717) is 5.56 Å². The van der Waals surface area contributed by atoms with Gasteiger partial charge in [-0.1, -0.05) is 19.1 Å². The standard InChI is InChI=1S/C16H21N3O2/c1-4-14-15(11-19(2)18-14)17-10-9-12-5-7-13(8-6-12)16(20)21-3/h5-8,11,17H,4,9-10H2,1-3H3. The summed E-state index contributed by atoms with van der Waals surface area (Å²) in [5.41, 5.74) is 3.93. The Labute approximate surface area is 124 Å². The topological polar surface area (TPSA) is 56.2 Å². The van der Waals surface area contributed by atoms with Crippen LogP contribution in [0.15, 0.2) is 30.5 Å². The second-order valence-electron chi connectivity index (χ2n) is 4.88. The second kappa shape index (κ2) is 6.92. The normalized spacial score (nSPS) is 10.4. The molecule has 21 heavy (non-hydrogen) atoms. The fraction of sp³-hybridized carbons (Fsp3) is 0.375. The second-order valence-corrected chi connectivity index (χ2v) is 4.88. The van der Waals surface area contributed by atoms with Gasteiger partial charge < -0.3 is 10.1 Å². The van der Waals surface area contributed by atoms with E-state index >= 15 is 0 Å². The maximum absolute atomic E-state index is 11.4. The van der Waals surface area contributed by atoms with Gasteiger partial charge >= 0.3 is 5.97 Å². The largest absolute Gasteiger partial charge is 0.465 e. The molecule has 0 spiro atoms. The van der Waals surface area contributed by atoms with Gasteiger partial charge in [0.05, 0.1) is 24.1 Å². The Bertz CT molecular complexity index is 602. The van der Waals surface area contributed by atoms with Crippen molar-refractivity contribution < 1.29 is 9.53 Å². The number of ether oxygens (including phenoxy) is 1. The fourth-order valence-electron chi connectivity index (χ4n) is 2.21. The van der Waals surface area contributed by atoms with Gasteiger partial charge in [0.25, 0.3) is 0 Å². The molecule has 1 N–H and O–H groups in total. The van der Waals surface area contributed by atoms with E-state index in [1.807, 2.05) is 30.1 Å². The molecule has 0 unspecified atom stereocenters. The fourth-order valence-corrected chi connectivity index (χ4v) is 2.21. The van der Waals surface area contributed by atoms with Crippen LogP contribution in [0, 0.1) is 0 Å². The SMILES string of the molecule is CCc1nn(C)cc1NCCc1ccc(C(=O)OC)cc1. The van der Waals surface area contributed by atoms with Crippen molar-refractivity contribution in [3.8, 4) is 0 Å². The van der Waals surface area contributed by atoms with Gasteiger partial charge in [0, 0.05) is 19.8 Å². The van der Waals surface area contributed by atoms with Gasteiger partial charge in [-0.25, -0.2) is 4.79 Å². The zero-order chi connectivity index (χ0) is 15.2. The van der Waals surface area contributed by atoms with Crippen LogP contribution in [0.4, 0.5) is 5.69 Å². The first-order chi connectivity index (χ1) is 10.1. The number of aryl methyl sites for hydroxylation is 2. The number of nitrogens with zero attached hydrogens (tertiary/aromatic N) is 2. The van der Waals surface area contributed by atoms with Crippen molar-refractivity contribution in [3.63, 3.8) is 0 Å². The van der Waals surface area contributed by atoms with Gasteiger partial charge in [0.1, 0.15) is 0 Å². The molecule has 0 saturated carbocycles. The lowest BCUT2D eigenvalue weighted by atomic mass is 10.1. The quantitative estimate of drug-likeness (QED) is 0.829. The number of rotatable bonds is 6. The van der Waals surface area contributed by atoms with Crippen LogP contribution in [0.3, 0.4) is 0 Å². The molecule has 0 amide bonds. The summed E-state index contributed by atoms with van der Waals surface area (Å²) in [6.07, 6.45) is 3.80. The van der Waals surface area contributed by atoms with E-state index < -0.39 is 0 Å². The van der Waals surface area contributed by atoms with E-state index in [4.69, 9.17) is 0 Å². The highest BCUT2D eigenvalue weighted by atomic mass is 16.5. The van der Waals surface area contributed by atoms with Gasteiger partial charge in [-0.2, -0.15) is 5.10 Å². The highest BCUT2D eigenvalue weighted by molar-refractivity contribution is 5.89. The Morgan fingerprint density at radius 3 is 2.67 bits per heavy atom. The first-order valence-electron chi connectivity index (χ1n) is 7.07. The minimum Gasteiger partial charge on any atom is -0.465 e. The van der Waals surface area contributed by atoms with Crippen molar-refractivity contribution in [3.05, 3.63) is 47.3 Å². The molecule has 0 saturated heterocycles. The molecule has 1 aromatic heterocycles. The third kappa shape index (κ3) is 3.84. The molecule has 1 heterocycles. The van der Waals surface area contributed by atoms with Gasteiger partial charge in [0.15, 0.2) is 0 Å². The Morgan fingerprint density at radius 1 is 1.33 bits per heavy atom. The summed E-state index contributed by atoms with van der Waals surface area (Å²) in [4.78, 5) is 11.4. The molecular weight excluding hydrogens is 266 g/mol. The Hall–Kier alpha value is -2.30. The summed E-state index contributed by atoms with van der Waals surface area (Å²) in [7, 11) is 3.31. The van der Waals surface area contributed by atoms with Crippen molar-refractivity contribution >= 4 is 11.7 Å². The molecule has 0 atom stereocenters. The minimum absolute atomic E-state index is 0.303. The number of carbonyl (C=O) groups is 1. The zero-order valence-corrected chi connectivity index (χ0v) is 12.7. The van der Waals surface area contributed by atoms with Gasteiger partial charge in [0.2, 0.25) is 0 Å². The predicted molar refractivity (Wildman–Crippen MR) is 82.6 cm³/mol. The summed E-state index contributed by atoms with van der Waals surface area (Å²) in [6.45, 7) is 2.93. The van der Waals surface area contributed by atoms with Crippen LogP contribution in [0.2, 0.25) is 0 Å². The molecule has 0 radical (unpaired) electrons. The minimum atomic E-state index is -0.303. The predicted octanol–water partition coefficient (Wildman–Crippen LogP) is 2.42. The lowest BCUT2D eigenvalue weighted by molar-refractivity contribution is 0.0600. The van der Waals surface area contributed by atoms with Crippen LogP contribution in [0.1, 0.15) is 28.5 Å². The van der Waals surface area contributed by atoms with E-state index in [2.05, 4.69) is 22.1 Å². The molecule has 0 aliphatic rings. The molecule has 0 aliphatic heterocycles. The summed E-state index contributed by atoms with van der Waals surface area (Å²) in [5.74, 6) is -0.303. The number of esters is 1. The first kappa shape index (κ1) is 15.1. The van der Waals surface area contributed by atoms with E-state index in [-0.39, 0.29) is 5.97 Å². The van der Waals surface area contributed by atoms with Crippen molar-refractivity contribution in [2.45, 2.75) is 19.8 Å². The van der Waals surface area contributed by atoms with Crippen molar-refractivity contribution in [2.24, 2.45) is 7.05 Å². The van der Waals surface area contributed by atoms with Gasteiger partial charge in [-0.3, -0.25) is 4.68 Å². The number of hydrogen-bond acceptors (Lipinski definition) is 4. The maximum atomic E-state index is 11.4. The maximum Gasteiger partial charge on any atom is 0.337 e. The molecule has 0 aliphatic carbocycles. The van der Waals surface area contributed by atoms with E-state index in [0.717, 1.165) is 30.8 Å². The smallest absolute Gasteiger partial charge is 0.337 e. The Morgan fingerprint density at radius 2 is 2.05 bits per heavy atom. The zero-order valence-electron chi connectivity index (χ0n) is 12.7. The molecule has 2 aromatic rings. The lowest BCUT2D eigenvalue weighted by Crippen LogP contribution is -2.06.